The topological polar surface area (TPSA) is 70.9 Å². The van der Waals surface area contributed by atoms with Gasteiger partial charge in [0.25, 0.3) is 0 Å². The van der Waals surface area contributed by atoms with Gasteiger partial charge in [-0.3, -0.25) is 0 Å². The van der Waals surface area contributed by atoms with E-state index in [1.807, 2.05) is 73.7 Å². The molecule has 3 aromatic carbocycles. The average Bonchev–Trinajstić information content (AvgIpc) is 2.77. The molecule has 2 unspecified atom stereocenters. The molecule has 0 spiro atoms. The zero-order valence-electron chi connectivity index (χ0n) is 16.4. The summed E-state index contributed by atoms with van der Waals surface area (Å²) in [7, 11) is 0. The van der Waals surface area contributed by atoms with E-state index in [-0.39, 0.29) is 17.7 Å². The van der Waals surface area contributed by atoms with E-state index < -0.39 is 6.03 Å². The molecule has 152 valence electrons. The van der Waals surface area contributed by atoms with Gasteiger partial charge in [0.2, 0.25) is 0 Å². The Balaban J connectivity index is 1.88. The van der Waals surface area contributed by atoms with Crippen LogP contribution in [0.5, 0.6) is 11.5 Å². The lowest BCUT2D eigenvalue weighted by molar-refractivity contribution is 0.243. The number of hydrogen-bond donors (Lipinski definition) is 2. The molecule has 2 amide bonds. The Labute approximate surface area is 183 Å². The number of rotatable bonds is 5. The van der Waals surface area contributed by atoms with Crippen molar-refractivity contribution in [3.8, 4) is 11.5 Å². The Hall–Kier alpha value is -3.12. The highest BCUT2D eigenvalue weighted by molar-refractivity contribution is 9.10. The van der Waals surface area contributed by atoms with Crippen LogP contribution in [0.25, 0.3) is 0 Å². The molecule has 0 fully saturated rings. The number of urea groups is 1. The number of ether oxygens (including phenoxy) is 1. The van der Waals surface area contributed by atoms with Crippen molar-refractivity contribution < 1.29 is 14.6 Å². The summed E-state index contributed by atoms with van der Waals surface area (Å²) in [5, 5.41) is 13.3. The molecule has 0 radical (unpaired) electrons. The summed E-state index contributed by atoms with van der Waals surface area (Å²) in [4.78, 5) is 16.9. The molecule has 3 aromatic rings. The molecular formula is C24H21BrN2O3. The first-order chi connectivity index (χ1) is 14.6. The van der Waals surface area contributed by atoms with E-state index in [1.54, 1.807) is 6.07 Å². The second-order valence-corrected chi connectivity index (χ2v) is 7.82. The Morgan fingerprint density at radius 1 is 1.03 bits per heavy atom. The number of phenolic OH excluding ortho intramolecular Hbond substituents is 1. The maximum Gasteiger partial charge on any atom is 0.341 e. The van der Waals surface area contributed by atoms with Gasteiger partial charge in [0, 0.05) is 0 Å². The summed E-state index contributed by atoms with van der Waals surface area (Å²) in [5.74, 6) is 0.194. The summed E-state index contributed by atoms with van der Waals surface area (Å²) in [5.41, 5.74) is 3.45. The summed E-state index contributed by atoms with van der Waals surface area (Å²) in [6.07, 6.45) is 0. The highest BCUT2D eigenvalue weighted by Gasteiger charge is 2.36. The van der Waals surface area contributed by atoms with Gasteiger partial charge in [-0.05, 0) is 51.7 Å². The SMILES string of the molecule is CCOc1cc(C2NC(=O)N=C(c3ccccc3)C2c2ccccc2)cc(Br)c1O. The largest absolute Gasteiger partial charge is 0.503 e. The normalized spacial score (nSPS) is 18.5. The number of hydrogen-bond acceptors (Lipinski definition) is 3. The number of halogens is 1. The first-order valence-electron chi connectivity index (χ1n) is 9.73. The lowest BCUT2D eigenvalue weighted by Crippen LogP contribution is -2.40. The second-order valence-electron chi connectivity index (χ2n) is 6.96. The summed E-state index contributed by atoms with van der Waals surface area (Å²) >= 11 is 3.41. The predicted octanol–water partition coefficient (Wildman–Crippen LogP) is 5.59. The van der Waals surface area contributed by atoms with Gasteiger partial charge in [-0.15, -0.1) is 0 Å². The van der Waals surface area contributed by atoms with Crippen molar-refractivity contribution in [1.29, 1.82) is 0 Å². The third-order valence-electron chi connectivity index (χ3n) is 5.07. The number of aromatic hydroxyl groups is 1. The molecule has 6 heteroatoms. The highest BCUT2D eigenvalue weighted by Crippen LogP contribution is 2.42. The summed E-state index contributed by atoms with van der Waals surface area (Å²) < 4.78 is 6.11. The molecule has 1 aliphatic rings. The Bertz CT molecular complexity index is 1080. The number of nitrogens with zero attached hydrogens (tertiary/aromatic N) is 1. The number of phenols is 1. The minimum Gasteiger partial charge on any atom is -0.503 e. The standard InChI is InChI=1S/C24H21BrN2O3/c1-2-30-19-14-17(13-18(25)23(19)28)22-20(15-9-5-3-6-10-15)21(26-24(29)27-22)16-11-7-4-8-12-16/h3-14,20,22,28H,2H2,1H3,(H,27,29). The maximum atomic E-state index is 12.6. The Kier molecular flexibility index (Phi) is 5.86. The van der Waals surface area contributed by atoms with E-state index in [9.17, 15) is 9.90 Å². The van der Waals surface area contributed by atoms with E-state index >= 15 is 0 Å². The zero-order chi connectivity index (χ0) is 21.1. The third kappa shape index (κ3) is 3.96. The smallest absolute Gasteiger partial charge is 0.341 e. The number of nitrogens with one attached hydrogen (secondary N) is 1. The highest BCUT2D eigenvalue weighted by atomic mass is 79.9. The van der Waals surface area contributed by atoms with Crippen LogP contribution in [0, 0.1) is 0 Å². The van der Waals surface area contributed by atoms with Crippen LogP contribution >= 0.6 is 15.9 Å². The van der Waals surface area contributed by atoms with Gasteiger partial charge in [-0.1, -0.05) is 60.7 Å². The van der Waals surface area contributed by atoms with E-state index in [0.29, 0.717) is 22.5 Å². The van der Waals surface area contributed by atoms with Crippen LogP contribution in [0.4, 0.5) is 4.79 Å². The maximum absolute atomic E-state index is 12.6. The summed E-state index contributed by atoms with van der Waals surface area (Å²) in [6, 6.07) is 22.5. The van der Waals surface area contributed by atoms with Crippen LogP contribution < -0.4 is 10.1 Å². The van der Waals surface area contributed by atoms with E-state index in [1.165, 1.54) is 0 Å². The third-order valence-corrected chi connectivity index (χ3v) is 5.67. The average molecular weight is 465 g/mol. The molecule has 0 aliphatic carbocycles. The molecule has 30 heavy (non-hydrogen) atoms. The lowest BCUT2D eigenvalue weighted by Gasteiger charge is -2.33. The number of benzene rings is 3. The first-order valence-corrected chi connectivity index (χ1v) is 10.5. The number of aliphatic imine (C=N–C) groups is 1. The van der Waals surface area contributed by atoms with Crippen LogP contribution in [0.15, 0.2) is 82.3 Å². The fourth-order valence-corrected chi connectivity index (χ4v) is 4.22. The molecule has 0 saturated carbocycles. The molecular weight excluding hydrogens is 444 g/mol. The lowest BCUT2D eigenvalue weighted by atomic mass is 9.80. The van der Waals surface area contributed by atoms with Crippen LogP contribution in [-0.2, 0) is 0 Å². The van der Waals surface area contributed by atoms with Gasteiger partial charge < -0.3 is 15.2 Å². The number of carbonyl (C=O) groups excluding carboxylic acids is 1. The van der Waals surface area contributed by atoms with Crippen molar-refractivity contribution in [2.45, 2.75) is 18.9 Å². The van der Waals surface area contributed by atoms with Crippen molar-refractivity contribution in [1.82, 2.24) is 5.32 Å². The molecule has 4 rings (SSSR count). The predicted molar refractivity (Wildman–Crippen MR) is 120 cm³/mol. The van der Waals surface area contributed by atoms with Gasteiger partial charge in [-0.25, -0.2) is 4.79 Å². The second kappa shape index (κ2) is 8.71. The molecule has 2 atom stereocenters. The van der Waals surface area contributed by atoms with Crippen molar-refractivity contribution in [2.24, 2.45) is 4.99 Å². The molecule has 2 N–H and O–H groups in total. The van der Waals surface area contributed by atoms with Gasteiger partial charge in [-0.2, -0.15) is 4.99 Å². The minimum atomic E-state index is -0.395. The van der Waals surface area contributed by atoms with E-state index in [4.69, 9.17) is 4.74 Å². The fraction of sp³-hybridized carbons (Fsp3) is 0.167. The van der Waals surface area contributed by atoms with Gasteiger partial charge in [0.1, 0.15) is 0 Å². The molecule has 0 aromatic heterocycles. The molecule has 1 aliphatic heterocycles. The van der Waals surface area contributed by atoms with Crippen LogP contribution in [0.3, 0.4) is 0 Å². The van der Waals surface area contributed by atoms with Crippen molar-refractivity contribution in [3.05, 3.63) is 94.0 Å². The minimum absolute atomic E-state index is 0.0379. The van der Waals surface area contributed by atoms with Crippen LogP contribution in [-0.4, -0.2) is 23.5 Å². The van der Waals surface area contributed by atoms with Crippen molar-refractivity contribution >= 4 is 27.7 Å². The van der Waals surface area contributed by atoms with Gasteiger partial charge in [0.15, 0.2) is 11.5 Å². The monoisotopic (exact) mass is 464 g/mol. The van der Waals surface area contributed by atoms with Gasteiger partial charge in [0.05, 0.1) is 28.8 Å². The molecule has 5 nitrogen and oxygen atoms in total. The van der Waals surface area contributed by atoms with E-state index in [0.717, 1.165) is 16.7 Å². The van der Waals surface area contributed by atoms with Crippen molar-refractivity contribution in [3.63, 3.8) is 0 Å². The fourth-order valence-electron chi connectivity index (χ4n) is 3.76. The number of carbonyl (C=O) groups is 1. The van der Waals surface area contributed by atoms with Gasteiger partial charge >= 0.3 is 6.03 Å². The molecule has 0 bridgehead atoms. The molecule has 0 saturated heterocycles. The Morgan fingerprint density at radius 2 is 1.70 bits per heavy atom. The van der Waals surface area contributed by atoms with E-state index in [2.05, 4.69) is 26.2 Å². The first kappa shape index (κ1) is 20.2. The van der Waals surface area contributed by atoms with Crippen LogP contribution in [0.1, 0.15) is 35.6 Å². The summed E-state index contributed by atoms with van der Waals surface area (Å²) in [6.45, 7) is 2.27. The molecule has 1 heterocycles. The van der Waals surface area contributed by atoms with Crippen LogP contribution in [0.2, 0.25) is 0 Å². The zero-order valence-corrected chi connectivity index (χ0v) is 18.0. The number of amides is 2. The Morgan fingerprint density at radius 3 is 2.37 bits per heavy atom. The van der Waals surface area contributed by atoms with Crippen molar-refractivity contribution in [2.75, 3.05) is 6.61 Å². The quantitative estimate of drug-likeness (QED) is 0.516.